The maximum absolute atomic E-state index is 2.66. The van der Waals surface area contributed by atoms with Crippen molar-refractivity contribution in [2.45, 2.75) is 0 Å². The quantitative estimate of drug-likeness (QED) is 0.0985. The highest BCUT2D eigenvalue weighted by molar-refractivity contribution is 7.19. The Morgan fingerprint density at radius 2 is 0.667 bits per heavy atom. The van der Waals surface area contributed by atoms with Gasteiger partial charge in [0.25, 0.3) is 0 Å². The van der Waals surface area contributed by atoms with Crippen LogP contribution in [0.1, 0.15) is 0 Å². The van der Waals surface area contributed by atoms with Crippen molar-refractivity contribution in [3.05, 3.63) is 267 Å². The molecule has 10 aromatic carbocycles. The maximum Gasteiger partial charge on any atom is 0.179 e. The van der Waals surface area contributed by atoms with Gasteiger partial charge in [0.2, 0.25) is 0 Å². The molecular weight excluding hydrogens is 777 g/mol. The summed E-state index contributed by atoms with van der Waals surface area (Å²) in [5.41, 5.74) is 11.6. The van der Waals surface area contributed by atoms with Gasteiger partial charge in [-0.2, -0.15) is 0 Å². The fraction of sp³-hybridized carbons (Fsp3) is 0. The Hall–Kier alpha value is -7.98. The number of para-hydroxylation sites is 3. The Kier molecular flexibility index (Phi) is 9.93. The second-order valence-corrected chi connectivity index (χ2v) is 19.9. The molecule has 0 saturated heterocycles. The number of rotatable bonds is 10. The lowest BCUT2D eigenvalue weighted by atomic mass is 9.97. The number of anilines is 3. The smallest absolute Gasteiger partial charge is 0.179 e. The highest BCUT2D eigenvalue weighted by Gasteiger charge is 2.41. The molecule has 63 heavy (non-hydrogen) atoms. The fourth-order valence-electron chi connectivity index (χ4n) is 9.69. The number of hydrogen-bond acceptors (Lipinski definition) is 1. The predicted molar refractivity (Wildman–Crippen MR) is 270 cm³/mol. The average Bonchev–Trinajstić information content (AvgIpc) is 3.71. The van der Waals surface area contributed by atoms with Gasteiger partial charge in [0, 0.05) is 33.4 Å². The molecule has 298 valence electrons. The molecule has 0 bridgehead atoms. The average molecular weight is 821 g/mol. The third kappa shape index (κ3) is 6.76. The number of nitrogens with zero attached hydrogens (tertiary/aromatic N) is 2. The molecular formula is C60H44N2Si. The van der Waals surface area contributed by atoms with Gasteiger partial charge in [-0.05, 0) is 92.0 Å². The van der Waals surface area contributed by atoms with E-state index < -0.39 is 8.07 Å². The molecule has 3 heteroatoms. The Balaban J connectivity index is 1.02. The first-order valence-electron chi connectivity index (χ1n) is 21.7. The van der Waals surface area contributed by atoms with Gasteiger partial charge in [0.05, 0.1) is 16.7 Å². The first kappa shape index (κ1) is 38.0. The zero-order valence-corrected chi connectivity index (χ0v) is 35.8. The van der Waals surface area contributed by atoms with Gasteiger partial charge >= 0.3 is 0 Å². The molecule has 0 spiro atoms. The Morgan fingerprint density at radius 1 is 0.286 bits per heavy atom. The van der Waals surface area contributed by atoms with Crippen LogP contribution in [0.4, 0.5) is 17.1 Å². The maximum atomic E-state index is 2.44. The van der Waals surface area contributed by atoms with Crippen LogP contribution in [0, 0.1) is 0 Å². The van der Waals surface area contributed by atoms with Gasteiger partial charge in [-0.1, -0.05) is 212 Å². The van der Waals surface area contributed by atoms with Crippen molar-refractivity contribution in [2.24, 2.45) is 0 Å². The number of hydrogen-bond donors (Lipinski definition) is 0. The molecule has 1 aromatic heterocycles. The third-order valence-corrected chi connectivity index (χ3v) is 17.4. The highest BCUT2D eigenvalue weighted by Crippen LogP contribution is 2.40. The minimum absolute atomic E-state index is 1.10. The second-order valence-electron chi connectivity index (χ2n) is 16.1. The summed E-state index contributed by atoms with van der Waals surface area (Å²) in [6.07, 6.45) is 0. The van der Waals surface area contributed by atoms with Crippen LogP contribution in [0.5, 0.6) is 0 Å². The van der Waals surface area contributed by atoms with Crippen molar-refractivity contribution in [1.29, 1.82) is 0 Å². The molecule has 0 fully saturated rings. The molecule has 0 aliphatic carbocycles. The zero-order chi connectivity index (χ0) is 42.0. The van der Waals surface area contributed by atoms with Gasteiger partial charge in [0.15, 0.2) is 8.07 Å². The fourth-order valence-corrected chi connectivity index (χ4v) is 14.4. The summed E-state index contributed by atoms with van der Waals surface area (Å²) >= 11 is 0. The summed E-state index contributed by atoms with van der Waals surface area (Å²) in [7, 11) is -2.66. The molecule has 2 nitrogen and oxygen atoms in total. The minimum Gasteiger partial charge on any atom is -0.311 e. The summed E-state index contributed by atoms with van der Waals surface area (Å²) in [4.78, 5) is 2.37. The van der Waals surface area contributed by atoms with Crippen LogP contribution in [0.25, 0.3) is 49.7 Å². The monoisotopic (exact) mass is 820 g/mol. The standard InChI is InChI=1S/C60H44N2Si/c1-6-20-46(21-7-1)55-43-36-47(44-60(55)62-58-32-18-16-30-56(58)57-31-17-19-33-59(57)62)45-34-37-49(38-35-45)61(48-22-8-2-9-23-48)50-39-41-54(42-40-50)63(51-24-10-3-11-25-51,52-26-12-4-13-27-52)53-28-14-5-15-29-53/h1-44H. The molecule has 0 saturated carbocycles. The van der Waals surface area contributed by atoms with E-state index >= 15 is 0 Å². The molecule has 11 rings (SSSR count). The van der Waals surface area contributed by atoms with Crippen molar-refractivity contribution in [2.75, 3.05) is 4.90 Å². The zero-order valence-electron chi connectivity index (χ0n) is 34.8. The summed E-state index contributed by atoms with van der Waals surface area (Å²) < 4.78 is 2.44. The van der Waals surface area contributed by atoms with Crippen molar-refractivity contribution < 1.29 is 0 Å². The predicted octanol–water partition coefficient (Wildman–Crippen LogP) is 13.0. The van der Waals surface area contributed by atoms with Crippen molar-refractivity contribution in [1.82, 2.24) is 4.57 Å². The van der Waals surface area contributed by atoms with E-state index in [1.807, 2.05) is 0 Å². The van der Waals surface area contributed by atoms with E-state index in [0.717, 1.165) is 33.9 Å². The first-order chi connectivity index (χ1) is 31.3. The van der Waals surface area contributed by atoms with E-state index in [-0.39, 0.29) is 0 Å². The lowest BCUT2D eigenvalue weighted by Crippen LogP contribution is -2.74. The second kappa shape index (κ2) is 16.5. The molecule has 1 heterocycles. The SMILES string of the molecule is c1ccc(-c2ccc(-c3ccc(N(c4ccccc4)c4ccc([Si](c5ccccc5)(c5ccccc5)c5ccccc5)cc4)cc3)cc2-n2c3ccccc3c3ccccc32)cc1. The lowest BCUT2D eigenvalue weighted by Gasteiger charge is -2.35. The van der Waals surface area contributed by atoms with Crippen LogP contribution < -0.4 is 25.6 Å². The molecule has 0 atom stereocenters. The van der Waals surface area contributed by atoms with E-state index in [4.69, 9.17) is 0 Å². The Morgan fingerprint density at radius 3 is 1.17 bits per heavy atom. The normalized spacial score (nSPS) is 11.5. The van der Waals surface area contributed by atoms with E-state index in [0.29, 0.717) is 0 Å². The summed E-state index contributed by atoms with van der Waals surface area (Å²) in [5, 5.41) is 7.95. The van der Waals surface area contributed by atoms with Crippen molar-refractivity contribution in [3.63, 3.8) is 0 Å². The van der Waals surface area contributed by atoms with Crippen LogP contribution in [0.15, 0.2) is 267 Å². The number of benzene rings is 10. The van der Waals surface area contributed by atoms with Crippen molar-refractivity contribution in [3.8, 4) is 27.9 Å². The van der Waals surface area contributed by atoms with Gasteiger partial charge in [-0.3, -0.25) is 0 Å². The summed E-state index contributed by atoms with van der Waals surface area (Å²) in [6.45, 7) is 0. The Bertz CT molecular complexity index is 3140. The molecule has 0 N–H and O–H groups in total. The van der Waals surface area contributed by atoms with Crippen LogP contribution in [0.3, 0.4) is 0 Å². The van der Waals surface area contributed by atoms with Gasteiger partial charge in [0.1, 0.15) is 0 Å². The van der Waals surface area contributed by atoms with Crippen LogP contribution in [-0.4, -0.2) is 12.6 Å². The number of fused-ring (bicyclic) bond motifs is 3. The molecule has 0 aliphatic rings. The topological polar surface area (TPSA) is 8.17 Å². The van der Waals surface area contributed by atoms with E-state index in [9.17, 15) is 0 Å². The summed E-state index contributed by atoms with van der Waals surface area (Å²) in [6, 6.07) is 97.7. The Labute approximate surface area is 370 Å². The van der Waals surface area contributed by atoms with Gasteiger partial charge in [-0.25, -0.2) is 0 Å². The van der Waals surface area contributed by atoms with Crippen molar-refractivity contribution >= 4 is 67.7 Å². The molecule has 0 aliphatic heterocycles. The number of aromatic nitrogens is 1. The lowest BCUT2D eigenvalue weighted by molar-refractivity contribution is 1.18. The largest absolute Gasteiger partial charge is 0.311 e. The summed E-state index contributed by atoms with van der Waals surface area (Å²) in [5.74, 6) is 0. The molecule has 0 amide bonds. The first-order valence-corrected chi connectivity index (χ1v) is 23.7. The molecule has 11 aromatic rings. The van der Waals surface area contributed by atoms with E-state index in [2.05, 4.69) is 276 Å². The molecule has 0 unspecified atom stereocenters. The van der Waals surface area contributed by atoms with Crippen LogP contribution in [0.2, 0.25) is 0 Å². The third-order valence-electron chi connectivity index (χ3n) is 12.6. The van der Waals surface area contributed by atoms with Gasteiger partial charge in [-0.15, -0.1) is 0 Å². The van der Waals surface area contributed by atoms with E-state index in [1.165, 1.54) is 53.7 Å². The molecule has 0 radical (unpaired) electrons. The highest BCUT2D eigenvalue weighted by atomic mass is 28.3. The van der Waals surface area contributed by atoms with Gasteiger partial charge < -0.3 is 9.47 Å². The minimum atomic E-state index is -2.66. The van der Waals surface area contributed by atoms with E-state index in [1.54, 1.807) is 0 Å². The van der Waals surface area contributed by atoms with Crippen LogP contribution in [-0.2, 0) is 0 Å². The van der Waals surface area contributed by atoms with Crippen LogP contribution >= 0.6 is 0 Å².